The van der Waals surface area contributed by atoms with Gasteiger partial charge >= 0.3 is 0 Å². The van der Waals surface area contributed by atoms with Crippen LogP contribution < -0.4 is 0 Å². The van der Waals surface area contributed by atoms with Gasteiger partial charge in [-0.3, -0.25) is 0 Å². The van der Waals surface area contributed by atoms with Crippen LogP contribution in [-0.2, 0) is 0 Å². The molecule has 0 spiro atoms. The second-order valence-corrected chi connectivity index (χ2v) is 5.48. The number of aliphatic hydroxyl groups is 1. The van der Waals surface area contributed by atoms with Gasteiger partial charge in [0.15, 0.2) is 0 Å². The Morgan fingerprint density at radius 2 is 1.44 bits per heavy atom. The van der Waals surface area contributed by atoms with Gasteiger partial charge in [-0.15, -0.1) is 12.6 Å². The molecule has 16 heavy (non-hydrogen) atoms. The van der Waals surface area contributed by atoms with Crippen molar-refractivity contribution in [3.63, 3.8) is 0 Å². The van der Waals surface area contributed by atoms with Gasteiger partial charge < -0.3 is 5.11 Å². The number of hydrogen-bond donors (Lipinski definition) is 2. The van der Waals surface area contributed by atoms with Gasteiger partial charge in [0.25, 0.3) is 0 Å². The van der Waals surface area contributed by atoms with Gasteiger partial charge in [0.05, 0.1) is 6.10 Å². The highest BCUT2D eigenvalue weighted by Crippen LogP contribution is 2.33. The second-order valence-electron chi connectivity index (χ2n) is 5.03. The van der Waals surface area contributed by atoms with Crippen LogP contribution in [0.5, 0.6) is 0 Å². The van der Waals surface area contributed by atoms with Gasteiger partial charge in [0.1, 0.15) is 0 Å². The van der Waals surface area contributed by atoms with E-state index >= 15 is 0 Å². The number of benzene rings is 1. The molecule has 1 aromatic carbocycles. The SMILES string of the molecule is CC(C)c1cc(C(C)C)c(S)c(C(C)O)c1. The Bertz CT molecular complexity index is 338. The molecule has 1 atom stereocenters. The van der Waals surface area contributed by atoms with E-state index in [4.69, 9.17) is 0 Å². The molecule has 0 aliphatic rings. The maximum Gasteiger partial charge on any atom is 0.0772 e. The van der Waals surface area contributed by atoms with E-state index in [2.05, 4.69) is 52.5 Å². The van der Waals surface area contributed by atoms with Crippen molar-refractivity contribution in [3.05, 3.63) is 28.8 Å². The molecule has 1 N–H and O–H groups in total. The molecular weight excluding hydrogens is 216 g/mol. The molecule has 0 radical (unpaired) electrons. The zero-order valence-corrected chi connectivity index (χ0v) is 11.7. The van der Waals surface area contributed by atoms with Crippen LogP contribution >= 0.6 is 12.6 Å². The highest BCUT2D eigenvalue weighted by atomic mass is 32.1. The molecule has 1 rings (SSSR count). The van der Waals surface area contributed by atoms with Gasteiger partial charge in [-0.2, -0.15) is 0 Å². The number of aliphatic hydroxyl groups excluding tert-OH is 1. The molecule has 90 valence electrons. The molecule has 0 bridgehead atoms. The smallest absolute Gasteiger partial charge is 0.0772 e. The minimum atomic E-state index is -0.455. The fraction of sp³-hybridized carbons (Fsp3) is 0.571. The Balaban J connectivity index is 3.39. The summed E-state index contributed by atoms with van der Waals surface area (Å²) in [5.41, 5.74) is 3.45. The third kappa shape index (κ3) is 2.80. The first-order valence-corrected chi connectivity index (χ1v) is 6.34. The van der Waals surface area contributed by atoms with Crippen molar-refractivity contribution in [2.75, 3.05) is 0 Å². The van der Waals surface area contributed by atoms with Crippen LogP contribution in [0.3, 0.4) is 0 Å². The first-order chi connectivity index (χ1) is 7.34. The topological polar surface area (TPSA) is 20.2 Å². The van der Waals surface area contributed by atoms with Crippen LogP contribution in [0.2, 0.25) is 0 Å². The number of thiol groups is 1. The Morgan fingerprint density at radius 3 is 1.81 bits per heavy atom. The summed E-state index contributed by atoms with van der Waals surface area (Å²) in [4.78, 5) is 0.939. The van der Waals surface area contributed by atoms with Crippen molar-refractivity contribution in [1.82, 2.24) is 0 Å². The van der Waals surface area contributed by atoms with Crippen molar-refractivity contribution in [1.29, 1.82) is 0 Å². The van der Waals surface area contributed by atoms with E-state index in [0.29, 0.717) is 11.8 Å². The Kier molecular flexibility index (Phi) is 4.45. The van der Waals surface area contributed by atoms with E-state index in [-0.39, 0.29) is 0 Å². The molecule has 1 unspecified atom stereocenters. The van der Waals surface area contributed by atoms with E-state index < -0.39 is 6.10 Å². The lowest BCUT2D eigenvalue weighted by Gasteiger charge is -2.19. The molecular formula is C14H22OS. The summed E-state index contributed by atoms with van der Waals surface area (Å²) in [5, 5.41) is 9.77. The van der Waals surface area contributed by atoms with Crippen molar-refractivity contribution < 1.29 is 5.11 Å². The summed E-state index contributed by atoms with van der Waals surface area (Å²) in [5.74, 6) is 0.910. The third-order valence-corrected chi connectivity index (χ3v) is 3.45. The van der Waals surface area contributed by atoms with E-state index in [1.807, 2.05) is 0 Å². The zero-order chi connectivity index (χ0) is 12.5. The monoisotopic (exact) mass is 238 g/mol. The van der Waals surface area contributed by atoms with E-state index in [1.165, 1.54) is 11.1 Å². The lowest BCUT2D eigenvalue weighted by molar-refractivity contribution is 0.196. The van der Waals surface area contributed by atoms with Crippen molar-refractivity contribution >= 4 is 12.6 Å². The summed E-state index contributed by atoms with van der Waals surface area (Å²) in [6.45, 7) is 10.5. The Labute approximate surface area is 104 Å². The fourth-order valence-corrected chi connectivity index (χ4v) is 2.37. The lowest BCUT2D eigenvalue weighted by atomic mass is 9.91. The first-order valence-electron chi connectivity index (χ1n) is 5.89. The van der Waals surface area contributed by atoms with Crippen LogP contribution in [0, 0.1) is 0 Å². The van der Waals surface area contributed by atoms with Crippen molar-refractivity contribution in [2.45, 2.75) is 57.5 Å². The lowest BCUT2D eigenvalue weighted by Crippen LogP contribution is -2.02. The van der Waals surface area contributed by atoms with E-state index in [9.17, 15) is 5.11 Å². The molecule has 0 heterocycles. The maximum absolute atomic E-state index is 9.77. The third-order valence-electron chi connectivity index (χ3n) is 2.93. The average Bonchev–Trinajstić information content (AvgIpc) is 2.16. The molecule has 1 aromatic rings. The molecule has 2 heteroatoms. The molecule has 0 saturated carbocycles. The number of rotatable bonds is 3. The molecule has 0 amide bonds. The largest absolute Gasteiger partial charge is 0.389 e. The first kappa shape index (κ1) is 13.6. The van der Waals surface area contributed by atoms with Crippen LogP contribution in [-0.4, -0.2) is 5.11 Å². The molecule has 0 saturated heterocycles. The van der Waals surface area contributed by atoms with E-state index in [0.717, 1.165) is 10.5 Å². The number of hydrogen-bond acceptors (Lipinski definition) is 2. The molecule has 0 aromatic heterocycles. The highest BCUT2D eigenvalue weighted by Gasteiger charge is 2.15. The van der Waals surface area contributed by atoms with Gasteiger partial charge in [0, 0.05) is 4.90 Å². The summed E-state index contributed by atoms with van der Waals surface area (Å²) in [6, 6.07) is 4.28. The van der Waals surface area contributed by atoms with Gasteiger partial charge in [-0.25, -0.2) is 0 Å². The highest BCUT2D eigenvalue weighted by molar-refractivity contribution is 7.80. The average molecular weight is 238 g/mol. The van der Waals surface area contributed by atoms with Gasteiger partial charge in [0.2, 0.25) is 0 Å². The Hall–Kier alpha value is -0.470. The van der Waals surface area contributed by atoms with Crippen molar-refractivity contribution in [3.8, 4) is 0 Å². The summed E-state index contributed by atoms with van der Waals surface area (Å²) >= 11 is 4.55. The maximum atomic E-state index is 9.77. The molecule has 0 aliphatic carbocycles. The van der Waals surface area contributed by atoms with Crippen LogP contribution in [0.25, 0.3) is 0 Å². The van der Waals surface area contributed by atoms with Crippen LogP contribution in [0.15, 0.2) is 17.0 Å². The fourth-order valence-electron chi connectivity index (χ4n) is 1.80. The standard InChI is InChI=1S/C14H22OS/c1-8(2)11-6-12(9(3)4)14(16)13(7-11)10(5)15/h6-10,15-16H,1-5H3. The van der Waals surface area contributed by atoms with Crippen molar-refractivity contribution in [2.24, 2.45) is 0 Å². The predicted molar refractivity (Wildman–Crippen MR) is 72.5 cm³/mol. The molecule has 1 nitrogen and oxygen atoms in total. The second kappa shape index (κ2) is 5.24. The molecule has 0 aliphatic heterocycles. The zero-order valence-electron chi connectivity index (χ0n) is 10.8. The minimum absolute atomic E-state index is 0.434. The van der Waals surface area contributed by atoms with Crippen LogP contribution in [0.1, 0.15) is 69.2 Å². The summed E-state index contributed by atoms with van der Waals surface area (Å²) in [7, 11) is 0. The van der Waals surface area contributed by atoms with Gasteiger partial charge in [-0.05, 0) is 35.4 Å². The summed E-state index contributed by atoms with van der Waals surface area (Å²) < 4.78 is 0. The summed E-state index contributed by atoms with van der Waals surface area (Å²) in [6.07, 6.45) is -0.455. The normalized spacial score (nSPS) is 13.6. The minimum Gasteiger partial charge on any atom is -0.389 e. The molecule has 0 fully saturated rings. The quantitative estimate of drug-likeness (QED) is 0.753. The Morgan fingerprint density at radius 1 is 0.938 bits per heavy atom. The van der Waals surface area contributed by atoms with E-state index in [1.54, 1.807) is 6.92 Å². The van der Waals surface area contributed by atoms with Gasteiger partial charge in [-0.1, -0.05) is 39.8 Å². The predicted octanol–water partition coefficient (Wildman–Crippen LogP) is 4.28. The van der Waals surface area contributed by atoms with Crippen LogP contribution in [0.4, 0.5) is 0 Å².